The standard InChI is InChI=1S/C12H16ClN5O/c1-8-10(13)16-12-14-7-15-18(12)11(8)17-4-2-9(6-17)3-5-19/h7,9,19H,2-6H2,1H3. The first-order valence-electron chi connectivity index (χ1n) is 6.42. The second-order valence-electron chi connectivity index (χ2n) is 4.94. The predicted molar refractivity (Wildman–Crippen MR) is 72.6 cm³/mol. The molecule has 1 saturated heterocycles. The molecule has 102 valence electrons. The van der Waals surface area contributed by atoms with E-state index in [0.717, 1.165) is 37.3 Å². The van der Waals surface area contributed by atoms with E-state index in [4.69, 9.17) is 16.7 Å². The van der Waals surface area contributed by atoms with Gasteiger partial charge in [-0.25, -0.2) is 0 Å². The lowest BCUT2D eigenvalue weighted by atomic mass is 10.1. The summed E-state index contributed by atoms with van der Waals surface area (Å²) in [6, 6.07) is 0. The van der Waals surface area contributed by atoms with Gasteiger partial charge in [0.15, 0.2) is 0 Å². The van der Waals surface area contributed by atoms with Crippen LogP contribution in [-0.2, 0) is 0 Å². The van der Waals surface area contributed by atoms with E-state index in [1.165, 1.54) is 6.33 Å². The first-order valence-corrected chi connectivity index (χ1v) is 6.80. The van der Waals surface area contributed by atoms with Crippen molar-refractivity contribution in [2.24, 2.45) is 5.92 Å². The Morgan fingerprint density at radius 2 is 2.37 bits per heavy atom. The topological polar surface area (TPSA) is 66.5 Å². The van der Waals surface area contributed by atoms with Crippen LogP contribution in [0.1, 0.15) is 18.4 Å². The van der Waals surface area contributed by atoms with Crippen LogP contribution in [0.4, 0.5) is 5.82 Å². The molecule has 2 aromatic rings. The third kappa shape index (κ3) is 2.15. The van der Waals surface area contributed by atoms with Gasteiger partial charge in [0.25, 0.3) is 5.78 Å². The van der Waals surface area contributed by atoms with E-state index < -0.39 is 0 Å². The maximum atomic E-state index is 9.04. The van der Waals surface area contributed by atoms with Crippen molar-refractivity contribution in [1.82, 2.24) is 19.6 Å². The minimum absolute atomic E-state index is 0.243. The lowest BCUT2D eigenvalue weighted by Crippen LogP contribution is -2.24. The zero-order chi connectivity index (χ0) is 13.4. The van der Waals surface area contributed by atoms with Crippen molar-refractivity contribution < 1.29 is 5.11 Å². The maximum Gasteiger partial charge on any atom is 0.255 e. The number of rotatable bonds is 3. The molecule has 1 unspecified atom stereocenters. The molecule has 1 aliphatic heterocycles. The molecular weight excluding hydrogens is 266 g/mol. The summed E-state index contributed by atoms with van der Waals surface area (Å²) in [4.78, 5) is 10.6. The maximum absolute atomic E-state index is 9.04. The van der Waals surface area contributed by atoms with Gasteiger partial charge < -0.3 is 10.0 Å². The molecule has 1 atom stereocenters. The molecule has 1 N–H and O–H groups in total. The molecule has 0 bridgehead atoms. The van der Waals surface area contributed by atoms with Crippen molar-refractivity contribution >= 4 is 23.2 Å². The van der Waals surface area contributed by atoms with E-state index in [9.17, 15) is 0 Å². The van der Waals surface area contributed by atoms with Crippen LogP contribution in [0, 0.1) is 12.8 Å². The minimum atomic E-state index is 0.243. The molecule has 0 spiro atoms. The number of fused-ring (bicyclic) bond motifs is 1. The smallest absolute Gasteiger partial charge is 0.255 e. The van der Waals surface area contributed by atoms with Gasteiger partial charge in [0.05, 0.1) is 0 Å². The summed E-state index contributed by atoms with van der Waals surface area (Å²) in [6.45, 7) is 4.05. The number of nitrogens with zero attached hydrogens (tertiary/aromatic N) is 5. The Morgan fingerprint density at radius 3 is 3.16 bits per heavy atom. The number of aromatic nitrogens is 4. The van der Waals surface area contributed by atoms with Crippen LogP contribution in [-0.4, -0.2) is 44.4 Å². The Labute approximate surface area is 116 Å². The molecule has 2 aromatic heterocycles. The third-order valence-electron chi connectivity index (χ3n) is 3.70. The molecule has 0 aromatic carbocycles. The van der Waals surface area contributed by atoms with Gasteiger partial charge in [0, 0.05) is 25.3 Å². The lowest BCUT2D eigenvalue weighted by molar-refractivity contribution is 0.263. The highest BCUT2D eigenvalue weighted by Gasteiger charge is 2.26. The van der Waals surface area contributed by atoms with Crippen molar-refractivity contribution in [1.29, 1.82) is 0 Å². The Balaban J connectivity index is 2.00. The molecule has 6 nitrogen and oxygen atoms in total. The van der Waals surface area contributed by atoms with Gasteiger partial charge in [-0.1, -0.05) is 11.6 Å². The second kappa shape index (κ2) is 4.94. The highest BCUT2D eigenvalue weighted by molar-refractivity contribution is 6.30. The zero-order valence-electron chi connectivity index (χ0n) is 10.8. The summed E-state index contributed by atoms with van der Waals surface area (Å²) < 4.78 is 1.74. The highest BCUT2D eigenvalue weighted by atomic mass is 35.5. The molecular formula is C12H16ClN5O. The summed E-state index contributed by atoms with van der Waals surface area (Å²) in [6.07, 6.45) is 3.41. The first-order chi connectivity index (χ1) is 9.20. The van der Waals surface area contributed by atoms with Crippen molar-refractivity contribution in [3.8, 4) is 0 Å². The van der Waals surface area contributed by atoms with E-state index in [1.54, 1.807) is 4.52 Å². The zero-order valence-corrected chi connectivity index (χ0v) is 11.5. The Kier molecular flexibility index (Phi) is 3.28. The average Bonchev–Trinajstić information content (AvgIpc) is 3.00. The van der Waals surface area contributed by atoms with Crippen molar-refractivity contribution in [2.45, 2.75) is 19.8 Å². The summed E-state index contributed by atoms with van der Waals surface area (Å²) in [5.74, 6) is 2.01. The fourth-order valence-electron chi connectivity index (χ4n) is 2.70. The number of hydrogen-bond acceptors (Lipinski definition) is 5. The molecule has 0 aliphatic carbocycles. The van der Waals surface area contributed by atoms with Crippen molar-refractivity contribution in [3.63, 3.8) is 0 Å². The van der Waals surface area contributed by atoms with Crippen LogP contribution in [0.15, 0.2) is 6.33 Å². The largest absolute Gasteiger partial charge is 0.396 e. The Morgan fingerprint density at radius 1 is 1.53 bits per heavy atom. The Hall–Kier alpha value is -1.40. The normalized spacial score (nSPS) is 19.5. The quantitative estimate of drug-likeness (QED) is 0.859. The van der Waals surface area contributed by atoms with Crippen LogP contribution >= 0.6 is 11.6 Å². The van der Waals surface area contributed by atoms with E-state index in [0.29, 0.717) is 16.8 Å². The molecule has 1 fully saturated rings. The van der Waals surface area contributed by atoms with Crippen LogP contribution in [0.25, 0.3) is 5.78 Å². The van der Waals surface area contributed by atoms with Crippen molar-refractivity contribution in [3.05, 3.63) is 17.0 Å². The number of hydrogen-bond donors (Lipinski definition) is 1. The molecule has 3 heterocycles. The molecule has 3 rings (SSSR count). The fourth-order valence-corrected chi connectivity index (χ4v) is 2.86. The number of halogens is 1. The number of aliphatic hydroxyl groups is 1. The van der Waals surface area contributed by atoms with Gasteiger partial charge in [0.2, 0.25) is 0 Å². The summed E-state index contributed by atoms with van der Waals surface area (Å²) >= 11 is 6.17. The number of anilines is 1. The molecule has 0 amide bonds. The van der Waals surface area contributed by atoms with Crippen molar-refractivity contribution in [2.75, 3.05) is 24.6 Å². The lowest BCUT2D eigenvalue weighted by Gasteiger charge is -2.21. The van der Waals surface area contributed by atoms with Gasteiger partial charge >= 0.3 is 0 Å². The monoisotopic (exact) mass is 281 g/mol. The Bertz CT molecular complexity index is 599. The second-order valence-corrected chi connectivity index (χ2v) is 5.29. The molecule has 1 aliphatic rings. The predicted octanol–water partition coefficient (Wildman–Crippen LogP) is 1.29. The summed E-state index contributed by atoms with van der Waals surface area (Å²) in [7, 11) is 0. The van der Waals surface area contributed by atoms with Gasteiger partial charge in [-0.15, -0.1) is 0 Å². The molecule has 0 saturated carbocycles. The fraction of sp³-hybridized carbons (Fsp3) is 0.583. The van der Waals surface area contributed by atoms with E-state index in [1.807, 2.05) is 6.92 Å². The summed E-state index contributed by atoms with van der Waals surface area (Å²) in [5.41, 5.74) is 0.921. The molecule has 19 heavy (non-hydrogen) atoms. The SMILES string of the molecule is Cc1c(Cl)nc2ncnn2c1N1CCC(CCO)C1. The van der Waals surface area contributed by atoms with Crippen LogP contribution < -0.4 is 4.90 Å². The van der Waals surface area contributed by atoms with E-state index >= 15 is 0 Å². The van der Waals surface area contributed by atoms with Crippen LogP contribution in [0.5, 0.6) is 0 Å². The van der Waals surface area contributed by atoms with Gasteiger partial charge in [-0.05, 0) is 25.7 Å². The molecule has 0 radical (unpaired) electrons. The van der Waals surface area contributed by atoms with Gasteiger partial charge in [0.1, 0.15) is 17.3 Å². The molecule has 7 heteroatoms. The van der Waals surface area contributed by atoms with Crippen LogP contribution in [0.2, 0.25) is 5.15 Å². The van der Waals surface area contributed by atoms with Gasteiger partial charge in [-0.2, -0.15) is 19.6 Å². The van der Waals surface area contributed by atoms with E-state index in [2.05, 4.69) is 20.0 Å². The average molecular weight is 282 g/mol. The minimum Gasteiger partial charge on any atom is -0.396 e. The number of aliphatic hydroxyl groups excluding tert-OH is 1. The third-order valence-corrected chi connectivity index (χ3v) is 4.06. The van der Waals surface area contributed by atoms with Crippen LogP contribution in [0.3, 0.4) is 0 Å². The summed E-state index contributed by atoms with van der Waals surface area (Å²) in [5, 5.41) is 13.7. The van der Waals surface area contributed by atoms with Gasteiger partial charge in [-0.3, -0.25) is 0 Å². The van der Waals surface area contributed by atoms with E-state index in [-0.39, 0.29) is 6.61 Å². The first kappa shape index (κ1) is 12.6. The highest BCUT2D eigenvalue weighted by Crippen LogP contribution is 2.30.